The van der Waals surface area contributed by atoms with E-state index in [4.69, 9.17) is 0 Å². The molecule has 23 heavy (non-hydrogen) atoms. The SMILES string of the molecule is O=C(Nc1cccc([N+](=O)[O-])c1)C1CN(C(=O)c2cccs2)C1. The van der Waals surface area contributed by atoms with Crippen molar-refractivity contribution >= 4 is 34.5 Å². The van der Waals surface area contributed by atoms with Crippen molar-refractivity contribution in [1.82, 2.24) is 4.90 Å². The first-order valence-electron chi connectivity index (χ1n) is 6.92. The van der Waals surface area contributed by atoms with Crippen LogP contribution in [0.2, 0.25) is 0 Å². The second-order valence-corrected chi connectivity index (χ2v) is 6.13. The average Bonchev–Trinajstić information content (AvgIpc) is 3.00. The fourth-order valence-corrected chi connectivity index (χ4v) is 3.00. The van der Waals surface area contributed by atoms with E-state index in [1.807, 2.05) is 11.4 Å². The Morgan fingerprint density at radius 2 is 2.04 bits per heavy atom. The smallest absolute Gasteiger partial charge is 0.271 e. The van der Waals surface area contributed by atoms with Gasteiger partial charge in [0.2, 0.25) is 5.91 Å². The zero-order valence-electron chi connectivity index (χ0n) is 12.0. The molecule has 1 fully saturated rings. The Labute approximate surface area is 135 Å². The normalized spacial score (nSPS) is 14.2. The summed E-state index contributed by atoms with van der Waals surface area (Å²) in [6.45, 7) is 0.717. The number of non-ortho nitro benzene ring substituents is 1. The van der Waals surface area contributed by atoms with Crippen molar-refractivity contribution in [3.8, 4) is 0 Å². The highest BCUT2D eigenvalue weighted by molar-refractivity contribution is 7.12. The van der Waals surface area contributed by atoms with Crippen LogP contribution in [0.5, 0.6) is 0 Å². The summed E-state index contributed by atoms with van der Waals surface area (Å²) in [6.07, 6.45) is 0. The second kappa shape index (κ2) is 6.17. The van der Waals surface area contributed by atoms with E-state index in [0.29, 0.717) is 23.7 Å². The number of carbonyl (C=O) groups excluding carboxylic acids is 2. The predicted octanol–water partition coefficient (Wildman–Crippen LogP) is 2.37. The van der Waals surface area contributed by atoms with Gasteiger partial charge in [-0.05, 0) is 17.5 Å². The zero-order chi connectivity index (χ0) is 16.4. The Hall–Kier alpha value is -2.74. The number of hydrogen-bond donors (Lipinski definition) is 1. The summed E-state index contributed by atoms with van der Waals surface area (Å²) >= 11 is 1.37. The maximum atomic E-state index is 12.1. The first kappa shape index (κ1) is 15.2. The molecule has 0 saturated carbocycles. The van der Waals surface area contributed by atoms with Crippen molar-refractivity contribution < 1.29 is 14.5 Å². The molecule has 1 aromatic heterocycles. The molecule has 0 spiro atoms. The Morgan fingerprint density at radius 1 is 1.26 bits per heavy atom. The zero-order valence-corrected chi connectivity index (χ0v) is 12.8. The molecule has 2 aromatic rings. The van der Waals surface area contributed by atoms with Crippen molar-refractivity contribution in [2.24, 2.45) is 5.92 Å². The third-order valence-electron chi connectivity index (χ3n) is 3.60. The number of carbonyl (C=O) groups is 2. The van der Waals surface area contributed by atoms with Crippen LogP contribution in [0.4, 0.5) is 11.4 Å². The third kappa shape index (κ3) is 3.21. The molecule has 7 nitrogen and oxygen atoms in total. The van der Waals surface area contributed by atoms with Gasteiger partial charge in [-0.1, -0.05) is 12.1 Å². The summed E-state index contributed by atoms with van der Waals surface area (Å²) in [7, 11) is 0. The first-order valence-corrected chi connectivity index (χ1v) is 7.80. The molecule has 1 aliphatic heterocycles. The van der Waals surface area contributed by atoms with Gasteiger partial charge in [-0.15, -0.1) is 11.3 Å². The van der Waals surface area contributed by atoms with Crippen LogP contribution < -0.4 is 5.32 Å². The minimum absolute atomic E-state index is 0.0700. The van der Waals surface area contributed by atoms with E-state index in [9.17, 15) is 19.7 Å². The van der Waals surface area contributed by atoms with E-state index in [1.165, 1.54) is 29.5 Å². The van der Waals surface area contributed by atoms with Crippen LogP contribution in [-0.2, 0) is 4.79 Å². The molecule has 0 bridgehead atoms. The monoisotopic (exact) mass is 331 g/mol. The summed E-state index contributed by atoms with van der Waals surface area (Å²) in [5.74, 6) is -0.599. The highest BCUT2D eigenvalue weighted by atomic mass is 32.1. The lowest BCUT2D eigenvalue weighted by atomic mass is 9.98. The number of hydrogen-bond acceptors (Lipinski definition) is 5. The van der Waals surface area contributed by atoms with Gasteiger partial charge in [0.05, 0.1) is 15.7 Å². The second-order valence-electron chi connectivity index (χ2n) is 5.18. The lowest BCUT2D eigenvalue weighted by molar-refractivity contribution is -0.384. The van der Waals surface area contributed by atoms with Crippen molar-refractivity contribution in [3.63, 3.8) is 0 Å². The Morgan fingerprint density at radius 3 is 2.70 bits per heavy atom. The van der Waals surface area contributed by atoms with Gasteiger partial charge in [0.1, 0.15) is 0 Å². The van der Waals surface area contributed by atoms with Gasteiger partial charge in [-0.25, -0.2) is 0 Å². The molecule has 3 rings (SSSR count). The van der Waals surface area contributed by atoms with Crippen molar-refractivity contribution in [2.75, 3.05) is 18.4 Å². The number of nitro benzene ring substituents is 1. The molecule has 1 aliphatic rings. The molecule has 118 valence electrons. The number of amides is 2. The van der Waals surface area contributed by atoms with Crippen LogP contribution in [0.25, 0.3) is 0 Å². The lowest BCUT2D eigenvalue weighted by Crippen LogP contribution is -2.54. The lowest BCUT2D eigenvalue weighted by Gasteiger charge is -2.37. The molecule has 2 heterocycles. The predicted molar refractivity (Wildman–Crippen MR) is 85.4 cm³/mol. The van der Waals surface area contributed by atoms with Crippen molar-refractivity contribution in [1.29, 1.82) is 0 Å². The molecule has 0 unspecified atom stereocenters. The Balaban J connectivity index is 1.56. The number of nitro groups is 1. The summed E-state index contributed by atoms with van der Waals surface area (Å²) in [5, 5.41) is 15.2. The van der Waals surface area contributed by atoms with E-state index >= 15 is 0 Å². The number of benzene rings is 1. The maximum absolute atomic E-state index is 12.1. The molecule has 1 saturated heterocycles. The van der Waals surface area contributed by atoms with Gasteiger partial charge in [0.25, 0.3) is 11.6 Å². The number of nitrogens with one attached hydrogen (secondary N) is 1. The molecule has 0 aliphatic carbocycles. The Bertz CT molecular complexity index is 754. The van der Waals surface area contributed by atoms with Crippen LogP contribution in [0, 0.1) is 16.0 Å². The highest BCUT2D eigenvalue weighted by Crippen LogP contribution is 2.23. The van der Waals surface area contributed by atoms with Crippen LogP contribution in [0.1, 0.15) is 9.67 Å². The quantitative estimate of drug-likeness (QED) is 0.687. The van der Waals surface area contributed by atoms with E-state index in [0.717, 1.165) is 0 Å². The number of thiophene rings is 1. The fourth-order valence-electron chi connectivity index (χ4n) is 2.31. The molecule has 2 amide bonds. The van der Waals surface area contributed by atoms with Crippen molar-refractivity contribution in [2.45, 2.75) is 0 Å². The van der Waals surface area contributed by atoms with Crippen LogP contribution in [-0.4, -0.2) is 34.7 Å². The molecule has 8 heteroatoms. The van der Waals surface area contributed by atoms with Gasteiger partial charge < -0.3 is 10.2 Å². The molecule has 0 atom stereocenters. The average molecular weight is 331 g/mol. The van der Waals surface area contributed by atoms with E-state index in [1.54, 1.807) is 17.0 Å². The summed E-state index contributed by atoms with van der Waals surface area (Å²) < 4.78 is 0. The summed E-state index contributed by atoms with van der Waals surface area (Å²) in [5.41, 5.74) is 0.304. The van der Waals surface area contributed by atoms with Gasteiger partial charge in [-0.2, -0.15) is 0 Å². The van der Waals surface area contributed by atoms with Crippen LogP contribution in [0.15, 0.2) is 41.8 Å². The topological polar surface area (TPSA) is 92.5 Å². The van der Waals surface area contributed by atoms with Crippen molar-refractivity contribution in [3.05, 3.63) is 56.8 Å². The van der Waals surface area contributed by atoms with Gasteiger partial charge >= 0.3 is 0 Å². The highest BCUT2D eigenvalue weighted by Gasteiger charge is 2.36. The molecular weight excluding hydrogens is 318 g/mol. The van der Waals surface area contributed by atoms with Gasteiger partial charge in [0.15, 0.2) is 0 Å². The first-order chi connectivity index (χ1) is 11.0. The molecular formula is C15H13N3O4S. The van der Waals surface area contributed by atoms with Gasteiger partial charge in [-0.3, -0.25) is 19.7 Å². The maximum Gasteiger partial charge on any atom is 0.271 e. The number of nitrogens with zero attached hydrogens (tertiary/aromatic N) is 2. The fraction of sp³-hybridized carbons (Fsp3) is 0.200. The number of anilines is 1. The number of likely N-dealkylation sites (tertiary alicyclic amines) is 1. The molecule has 1 N–H and O–H groups in total. The van der Waals surface area contributed by atoms with E-state index < -0.39 is 4.92 Å². The van der Waals surface area contributed by atoms with E-state index in [2.05, 4.69) is 5.32 Å². The molecule has 1 aromatic carbocycles. The summed E-state index contributed by atoms with van der Waals surface area (Å²) in [6, 6.07) is 9.35. The summed E-state index contributed by atoms with van der Waals surface area (Å²) in [4.78, 5) is 36.7. The minimum atomic E-state index is -0.513. The van der Waals surface area contributed by atoms with E-state index in [-0.39, 0.29) is 23.4 Å². The van der Waals surface area contributed by atoms with Gasteiger partial charge in [0, 0.05) is 30.9 Å². The molecule has 0 radical (unpaired) electrons. The third-order valence-corrected chi connectivity index (χ3v) is 4.45. The minimum Gasteiger partial charge on any atom is -0.336 e. The van der Waals surface area contributed by atoms with Crippen LogP contribution >= 0.6 is 11.3 Å². The Kier molecular flexibility index (Phi) is 4.07. The standard InChI is InChI=1S/C15H13N3O4S/c19-14(16-11-3-1-4-12(7-11)18(21)22)10-8-17(9-10)15(20)13-5-2-6-23-13/h1-7,10H,8-9H2,(H,16,19). The largest absolute Gasteiger partial charge is 0.336 e. The number of rotatable bonds is 4. The van der Waals surface area contributed by atoms with Crippen LogP contribution in [0.3, 0.4) is 0 Å².